The van der Waals surface area contributed by atoms with Crippen LogP contribution in [0.15, 0.2) is 41.6 Å². The summed E-state index contributed by atoms with van der Waals surface area (Å²) in [4.78, 5) is 36.5. The first-order valence-electron chi connectivity index (χ1n) is 7.68. The van der Waals surface area contributed by atoms with Gasteiger partial charge in [0.05, 0.1) is 18.4 Å². The second-order valence-corrected chi connectivity index (χ2v) is 5.40. The van der Waals surface area contributed by atoms with Crippen LogP contribution < -0.4 is 11.0 Å². The third-order valence-corrected chi connectivity index (χ3v) is 3.56. The standard InChI is InChI=1S/C16H17N7O2/c1-11-9-20-13(10-19-11)15(24)18-7-8-23-16(25)22(2)14(21-23)12-5-3-4-6-17-12/h3-6,9-10H,7-8H2,1-2H3,(H,18,24). The Morgan fingerprint density at radius 1 is 1.20 bits per heavy atom. The van der Waals surface area contributed by atoms with Crippen LogP contribution in [0.5, 0.6) is 0 Å². The molecule has 3 aromatic rings. The summed E-state index contributed by atoms with van der Waals surface area (Å²) >= 11 is 0. The van der Waals surface area contributed by atoms with Crippen molar-refractivity contribution in [2.75, 3.05) is 6.54 Å². The van der Waals surface area contributed by atoms with E-state index in [9.17, 15) is 9.59 Å². The Morgan fingerprint density at radius 3 is 2.72 bits per heavy atom. The van der Waals surface area contributed by atoms with Crippen LogP contribution in [0, 0.1) is 6.92 Å². The molecule has 0 aliphatic rings. The molecular formula is C16H17N7O2. The molecule has 0 fully saturated rings. The van der Waals surface area contributed by atoms with Gasteiger partial charge in [-0.05, 0) is 19.1 Å². The van der Waals surface area contributed by atoms with Gasteiger partial charge in [0, 0.05) is 26.0 Å². The number of carbonyl (C=O) groups excluding carboxylic acids is 1. The summed E-state index contributed by atoms with van der Waals surface area (Å²) in [6, 6.07) is 5.40. The second-order valence-electron chi connectivity index (χ2n) is 5.40. The monoisotopic (exact) mass is 339 g/mol. The van der Waals surface area contributed by atoms with Gasteiger partial charge in [-0.1, -0.05) is 6.07 Å². The average Bonchev–Trinajstić information content (AvgIpc) is 2.91. The van der Waals surface area contributed by atoms with Gasteiger partial charge in [-0.2, -0.15) is 0 Å². The lowest BCUT2D eigenvalue weighted by molar-refractivity contribution is 0.0946. The van der Waals surface area contributed by atoms with E-state index in [0.29, 0.717) is 11.5 Å². The van der Waals surface area contributed by atoms with Crippen LogP contribution in [-0.4, -0.2) is 41.8 Å². The SMILES string of the molecule is Cc1cnc(C(=O)NCCn2nc(-c3ccccn3)n(C)c2=O)cn1. The first kappa shape index (κ1) is 16.5. The van der Waals surface area contributed by atoms with Crippen molar-refractivity contribution in [1.82, 2.24) is 34.6 Å². The Kier molecular flexibility index (Phi) is 4.64. The molecule has 0 aromatic carbocycles. The van der Waals surface area contributed by atoms with Gasteiger partial charge in [-0.15, -0.1) is 5.10 Å². The summed E-state index contributed by atoms with van der Waals surface area (Å²) in [5.74, 6) is 0.128. The predicted molar refractivity (Wildman–Crippen MR) is 89.8 cm³/mol. The second kappa shape index (κ2) is 7.04. The van der Waals surface area contributed by atoms with Crippen LogP contribution in [0.2, 0.25) is 0 Å². The maximum absolute atomic E-state index is 12.2. The van der Waals surface area contributed by atoms with Crippen molar-refractivity contribution < 1.29 is 4.79 Å². The number of aryl methyl sites for hydroxylation is 1. The van der Waals surface area contributed by atoms with Gasteiger partial charge in [0.2, 0.25) is 0 Å². The van der Waals surface area contributed by atoms with E-state index in [2.05, 4.69) is 25.4 Å². The molecule has 128 valence electrons. The van der Waals surface area contributed by atoms with Crippen molar-refractivity contribution in [2.24, 2.45) is 7.05 Å². The van der Waals surface area contributed by atoms with E-state index >= 15 is 0 Å². The third-order valence-electron chi connectivity index (χ3n) is 3.56. The van der Waals surface area contributed by atoms with Gasteiger partial charge < -0.3 is 5.32 Å². The highest BCUT2D eigenvalue weighted by Crippen LogP contribution is 2.10. The van der Waals surface area contributed by atoms with E-state index < -0.39 is 0 Å². The van der Waals surface area contributed by atoms with Gasteiger partial charge in [-0.25, -0.2) is 14.5 Å². The van der Waals surface area contributed by atoms with Gasteiger partial charge in [-0.3, -0.25) is 19.3 Å². The zero-order valence-electron chi connectivity index (χ0n) is 13.9. The minimum Gasteiger partial charge on any atom is -0.349 e. The van der Waals surface area contributed by atoms with E-state index in [1.807, 2.05) is 6.07 Å². The van der Waals surface area contributed by atoms with Crippen molar-refractivity contribution >= 4 is 5.91 Å². The predicted octanol–water partition coefficient (Wildman–Crippen LogP) is 0.172. The smallest absolute Gasteiger partial charge is 0.346 e. The van der Waals surface area contributed by atoms with Crippen molar-refractivity contribution in [3.8, 4) is 11.5 Å². The van der Waals surface area contributed by atoms with E-state index in [1.54, 1.807) is 32.3 Å². The molecule has 0 saturated carbocycles. The number of carbonyl (C=O) groups is 1. The number of pyridine rings is 1. The Labute approximate surface area is 143 Å². The van der Waals surface area contributed by atoms with Crippen LogP contribution in [0.25, 0.3) is 11.5 Å². The number of rotatable bonds is 5. The molecule has 1 amide bonds. The molecule has 25 heavy (non-hydrogen) atoms. The highest BCUT2D eigenvalue weighted by atomic mass is 16.2. The molecule has 0 atom stereocenters. The first-order valence-corrected chi connectivity index (χ1v) is 7.68. The first-order chi connectivity index (χ1) is 12.1. The highest BCUT2D eigenvalue weighted by molar-refractivity contribution is 5.91. The maximum Gasteiger partial charge on any atom is 0.346 e. The zero-order chi connectivity index (χ0) is 17.8. The summed E-state index contributed by atoms with van der Waals surface area (Å²) in [5.41, 5.74) is 1.30. The Morgan fingerprint density at radius 2 is 2.04 bits per heavy atom. The summed E-state index contributed by atoms with van der Waals surface area (Å²) in [7, 11) is 1.64. The lowest BCUT2D eigenvalue weighted by atomic mass is 10.3. The van der Waals surface area contributed by atoms with Gasteiger partial charge in [0.25, 0.3) is 5.91 Å². The van der Waals surface area contributed by atoms with Crippen molar-refractivity contribution in [3.63, 3.8) is 0 Å². The molecule has 0 aliphatic heterocycles. The molecule has 9 nitrogen and oxygen atoms in total. The van der Waals surface area contributed by atoms with Crippen molar-refractivity contribution in [3.05, 3.63) is 58.7 Å². The Hall–Kier alpha value is -3.36. The number of aromatic nitrogens is 6. The molecule has 0 bridgehead atoms. The normalized spacial score (nSPS) is 10.6. The molecule has 3 aromatic heterocycles. The molecule has 0 spiro atoms. The number of nitrogens with one attached hydrogen (secondary N) is 1. The van der Waals surface area contributed by atoms with E-state index in [0.717, 1.165) is 5.69 Å². The van der Waals surface area contributed by atoms with E-state index in [4.69, 9.17) is 0 Å². The van der Waals surface area contributed by atoms with Crippen LogP contribution in [0.1, 0.15) is 16.2 Å². The topological polar surface area (TPSA) is 108 Å². The molecule has 3 heterocycles. The zero-order valence-corrected chi connectivity index (χ0v) is 13.9. The van der Waals surface area contributed by atoms with Crippen LogP contribution in [0.3, 0.4) is 0 Å². The highest BCUT2D eigenvalue weighted by Gasteiger charge is 2.13. The maximum atomic E-state index is 12.2. The van der Waals surface area contributed by atoms with Crippen LogP contribution in [-0.2, 0) is 13.6 Å². The van der Waals surface area contributed by atoms with Gasteiger partial charge in [0.15, 0.2) is 5.82 Å². The number of hydrogen-bond donors (Lipinski definition) is 1. The molecule has 0 unspecified atom stereocenters. The van der Waals surface area contributed by atoms with Crippen LogP contribution >= 0.6 is 0 Å². The minimum absolute atomic E-state index is 0.230. The van der Waals surface area contributed by atoms with Crippen LogP contribution in [0.4, 0.5) is 0 Å². The van der Waals surface area contributed by atoms with E-state index in [1.165, 1.54) is 21.6 Å². The lowest BCUT2D eigenvalue weighted by Gasteiger charge is -2.04. The lowest BCUT2D eigenvalue weighted by Crippen LogP contribution is -2.32. The fourth-order valence-corrected chi connectivity index (χ4v) is 2.23. The molecule has 1 N–H and O–H groups in total. The number of hydrogen-bond acceptors (Lipinski definition) is 6. The minimum atomic E-state index is -0.346. The molecule has 0 saturated heterocycles. The third kappa shape index (κ3) is 3.60. The average molecular weight is 339 g/mol. The molecule has 0 aliphatic carbocycles. The Bertz CT molecular complexity index is 929. The summed E-state index contributed by atoms with van der Waals surface area (Å²) in [6.07, 6.45) is 4.58. The van der Waals surface area contributed by atoms with Crippen molar-refractivity contribution in [2.45, 2.75) is 13.5 Å². The summed E-state index contributed by atoms with van der Waals surface area (Å²) < 4.78 is 2.72. The fraction of sp³-hybridized carbons (Fsp3) is 0.250. The van der Waals surface area contributed by atoms with Gasteiger partial charge in [0.1, 0.15) is 11.4 Å². The largest absolute Gasteiger partial charge is 0.349 e. The van der Waals surface area contributed by atoms with E-state index in [-0.39, 0.29) is 30.4 Å². The Balaban J connectivity index is 1.67. The number of amides is 1. The quantitative estimate of drug-likeness (QED) is 0.710. The summed E-state index contributed by atoms with van der Waals surface area (Å²) in [5, 5.41) is 6.98. The fourth-order valence-electron chi connectivity index (χ4n) is 2.23. The molecule has 9 heteroatoms. The van der Waals surface area contributed by atoms with Gasteiger partial charge >= 0.3 is 5.69 Å². The molecule has 3 rings (SSSR count). The molecule has 0 radical (unpaired) electrons. The van der Waals surface area contributed by atoms with Crippen molar-refractivity contribution in [1.29, 1.82) is 0 Å². The number of nitrogens with zero attached hydrogens (tertiary/aromatic N) is 6. The summed E-state index contributed by atoms with van der Waals surface area (Å²) in [6.45, 7) is 2.28. The molecular weight excluding hydrogens is 322 g/mol.